The molecule has 0 atom stereocenters. The number of hydrogen-bond donors (Lipinski definition) is 1. The molecule has 2 aromatic rings. The zero-order chi connectivity index (χ0) is 15.2. The zero-order valence-corrected chi connectivity index (χ0v) is 14.4. The molecule has 0 saturated carbocycles. The van der Waals surface area contributed by atoms with Crippen LogP contribution in [0.5, 0.6) is 0 Å². The van der Waals surface area contributed by atoms with E-state index in [2.05, 4.69) is 63.1 Å². The van der Waals surface area contributed by atoms with Gasteiger partial charge in [-0.15, -0.1) is 0 Å². The van der Waals surface area contributed by atoms with E-state index in [1.54, 1.807) is 7.11 Å². The van der Waals surface area contributed by atoms with Gasteiger partial charge in [0, 0.05) is 35.9 Å². The van der Waals surface area contributed by atoms with Crippen LogP contribution in [0, 0.1) is 13.8 Å². The van der Waals surface area contributed by atoms with Gasteiger partial charge in [-0.1, -0.05) is 34.1 Å². The van der Waals surface area contributed by atoms with Gasteiger partial charge in [0.1, 0.15) is 0 Å². The summed E-state index contributed by atoms with van der Waals surface area (Å²) < 4.78 is 8.24. The number of aryl methyl sites for hydroxylation is 1. The molecule has 1 heterocycles. The van der Waals surface area contributed by atoms with Crippen molar-refractivity contribution in [1.82, 2.24) is 15.1 Å². The molecule has 4 nitrogen and oxygen atoms in total. The fraction of sp³-hybridized carbons (Fsp3) is 0.438. The Labute approximate surface area is 134 Å². The number of benzene rings is 1. The minimum absolute atomic E-state index is 0.725. The van der Waals surface area contributed by atoms with Crippen LogP contribution in [-0.2, 0) is 17.8 Å². The Morgan fingerprint density at radius 3 is 2.76 bits per heavy atom. The molecular formula is C16H22BrN3O. The molecule has 0 spiro atoms. The number of nitrogens with zero attached hydrogens (tertiary/aromatic N) is 2. The third kappa shape index (κ3) is 4.15. The first kappa shape index (κ1) is 16.2. The third-order valence-corrected chi connectivity index (χ3v) is 4.37. The Kier molecular flexibility index (Phi) is 5.96. The molecule has 0 saturated heterocycles. The monoisotopic (exact) mass is 351 g/mol. The van der Waals surface area contributed by atoms with Crippen molar-refractivity contribution < 1.29 is 4.74 Å². The van der Waals surface area contributed by atoms with E-state index >= 15 is 0 Å². The van der Waals surface area contributed by atoms with Crippen molar-refractivity contribution in [3.63, 3.8) is 0 Å². The second kappa shape index (κ2) is 7.73. The quantitative estimate of drug-likeness (QED) is 0.779. The van der Waals surface area contributed by atoms with Gasteiger partial charge in [0.05, 0.1) is 18.8 Å². The Morgan fingerprint density at radius 1 is 1.29 bits per heavy atom. The Bertz CT molecular complexity index is 595. The molecule has 0 aliphatic rings. The molecule has 0 unspecified atom stereocenters. The van der Waals surface area contributed by atoms with Crippen LogP contribution in [0.4, 0.5) is 0 Å². The summed E-state index contributed by atoms with van der Waals surface area (Å²) >= 11 is 3.60. The van der Waals surface area contributed by atoms with E-state index < -0.39 is 0 Å². The van der Waals surface area contributed by atoms with Crippen molar-refractivity contribution in [3.8, 4) is 0 Å². The summed E-state index contributed by atoms with van der Waals surface area (Å²) in [5.41, 5.74) is 4.82. The molecule has 1 aromatic carbocycles. The molecule has 0 bridgehead atoms. The highest BCUT2D eigenvalue weighted by Gasteiger charge is 2.12. The van der Waals surface area contributed by atoms with E-state index in [-0.39, 0.29) is 0 Å². The fourth-order valence-corrected chi connectivity index (χ4v) is 2.73. The summed E-state index contributed by atoms with van der Waals surface area (Å²) in [6.07, 6.45) is 0. The van der Waals surface area contributed by atoms with Crippen LogP contribution in [-0.4, -0.2) is 30.0 Å². The van der Waals surface area contributed by atoms with Crippen LogP contribution in [0.15, 0.2) is 28.7 Å². The molecule has 0 amide bonds. The summed E-state index contributed by atoms with van der Waals surface area (Å²) in [6.45, 7) is 7.39. The Hall–Kier alpha value is -1.17. The number of halogens is 1. The number of ether oxygens (including phenoxy) is 1. The maximum absolute atomic E-state index is 5.05. The minimum atomic E-state index is 0.725. The van der Waals surface area contributed by atoms with Gasteiger partial charge in [-0.2, -0.15) is 5.10 Å². The second-order valence-corrected chi connectivity index (χ2v) is 5.92. The Balaban J connectivity index is 2.10. The van der Waals surface area contributed by atoms with Gasteiger partial charge in [0.2, 0.25) is 0 Å². The fourth-order valence-electron chi connectivity index (χ4n) is 2.32. The number of methoxy groups -OCH3 is 1. The lowest BCUT2D eigenvalue weighted by atomic mass is 10.2. The van der Waals surface area contributed by atoms with Crippen LogP contribution < -0.4 is 5.32 Å². The van der Waals surface area contributed by atoms with E-state index in [9.17, 15) is 0 Å². The van der Waals surface area contributed by atoms with Crippen LogP contribution in [0.3, 0.4) is 0 Å². The number of aromatic nitrogens is 2. The predicted molar refractivity (Wildman–Crippen MR) is 88.5 cm³/mol. The zero-order valence-electron chi connectivity index (χ0n) is 12.8. The molecule has 114 valence electrons. The third-order valence-electron chi connectivity index (χ3n) is 3.59. The van der Waals surface area contributed by atoms with Gasteiger partial charge < -0.3 is 10.1 Å². The highest BCUT2D eigenvalue weighted by molar-refractivity contribution is 9.10. The van der Waals surface area contributed by atoms with E-state index in [4.69, 9.17) is 4.74 Å². The smallest absolute Gasteiger partial charge is 0.0673 e. The van der Waals surface area contributed by atoms with E-state index in [0.29, 0.717) is 0 Å². The molecule has 0 aliphatic carbocycles. The van der Waals surface area contributed by atoms with E-state index in [1.165, 1.54) is 16.8 Å². The van der Waals surface area contributed by atoms with Crippen molar-refractivity contribution in [2.75, 3.05) is 20.3 Å². The van der Waals surface area contributed by atoms with Gasteiger partial charge in [-0.05, 0) is 25.5 Å². The minimum Gasteiger partial charge on any atom is -0.383 e. The van der Waals surface area contributed by atoms with Crippen LogP contribution in [0.2, 0.25) is 0 Å². The van der Waals surface area contributed by atoms with Crippen molar-refractivity contribution in [3.05, 3.63) is 51.3 Å². The molecule has 1 N–H and O–H groups in total. The maximum atomic E-state index is 5.05. The molecule has 1 aromatic heterocycles. The lowest BCUT2D eigenvalue weighted by molar-refractivity contribution is 0.199. The highest BCUT2D eigenvalue weighted by atomic mass is 79.9. The lowest BCUT2D eigenvalue weighted by Crippen LogP contribution is -2.19. The topological polar surface area (TPSA) is 39.1 Å². The summed E-state index contributed by atoms with van der Waals surface area (Å²) in [5, 5.41) is 8.06. The molecular weight excluding hydrogens is 330 g/mol. The predicted octanol–water partition coefficient (Wildman–Crippen LogP) is 3.05. The van der Waals surface area contributed by atoms with Gasteiger partial charge in [-0.3, -0.25) is 4.68 Å². The first-order valence-electron chi connectivity index (χ1n) is 7.09. The molecule has 21 heavy (non-hydrogen) atoms. The molecule has 2 rings (SSSR count). The normalized spacial score (nSPS) is 11.0. The molecule has 5 heteroatoms. The first-order valence-corrected chi connectivity index (χ1v) is 7.88. The average molecular weight is 352 g/mol. The SMILES string of the molecule is COCCNCc1c(C)nn(Cc2ccccc2Br)c1C. The van der Waals surface area contributed by atoms with E-state index in [1.807, 2.05) is 6.07 Å². The largest absolute Gasteiger partial charge is 0.383 e. The summed E-state index contributed by atoms with van der Waals surface area (Å²) in [7, 11) is 1.72. The molecule has 0 fully saturated rings. The maximum Gasteiger partial charge on any atom is 0.0673 e. The standard InChI is InChI=1S/C16H22BrN3O/c1-12-15(10-18-8-9-21-3)13(2)20(19-12)11-14-6-4-5-7-16(14)17/h4-7,18H,8-11H2,1-3H3. The van der Waals surface area contributed by atoms with Gasteiger partial charge in [0.15, 0.2) is 0 Å². The average Bonchev–Trinajstić information content (AvgIpc) is 2.73. The second-order valence-electron chi connectivity index (χ2n) is 5.07. The Morgan fingerprint density at radius 2 is 2.05 bits per heavy atom. The van der Waals surface area contributed by atoms with Crippen LogP contribution >= 0.6 is 15.9 Å². The van der Waals surface area contributed by atoms with Crippen LogP contribution in [0.25, 0.3) is 0 Å². The highest BCUT2D eigenvalue weighted by Crippen LogP contribution is 2.19. The van der Waals surface area contributed by atoms with Gasteiger partial charge in [0.25, 0.3) is 0 Å². The molecule has 0 radical (unpaired) electrons. The van der Waals surface area contributed by atoms with Crippen molar-refractivity contribution in [2.24, 2.45) is 0 Å². The van der Waals surface area contributed by atoms with Crippen molar-refractivity contribution >= 4 is 15.9 Å². The number of rotatable bonds is 7. The van der Waals surface area contributed by atoms with Crippen molar-refractivity contribution in [2.45, 2.75) is 26.9 Å². The van der Waals surface area contributed by atoms with Gasteiger partial charge in [-0.25, -0.2) is 0 Å². The van der Waals surface area contributed by atoms with Crippen LogP contribution in [0.1, 0.15) is 22.5 Å². The van der Waals surface area contributed by atoms with Gasteiger partial charge >= 0.3 is 0 Å². The summed E-state index contributed by atoms with van der Waals surface area (Å²) in [6, 6.07) is 8.27. The van der Waals surface area contributed by atoms with Crippen molar-refractivity contribution in [1.29, 1.82) is 0 Å². The summed E-state index contributed by atoms with van der Waals surface area (Å²) in [4.78, 5) is 0. The summed E-state index contributed by atoms with van der Waals surface area (Å²) in [5.74, 6) is 0. The van der Waals surface area contributed by atoms with E-state index in [0.717, 1.165) is 36.4 Å². The first-order chi connectivity index (χ1) is 10.1. The lowest BCUT2D eigenvalue weighted by Gasteiger charge is -2.08. The molecule has 0 aliphatic heterocycles. The number of hydrogen-bond acceptors (Lipinski definition) is 3. The number of nitrogens with one attached hydrogen (secondary N) is 1.